The van der Waals surface area contributed by atoms with Crippen molar-refractivity contribution in [2.45, 2.75) is 19.8 Å². The van der Waals surface area contributed by atoms with Gasteiger partial charge in [-0.15, -0.1) is 0 Å². The summed E-state index contributed by atoms with van der Waals surface area (Å²) in [6, 6.07) is 7.36. The lowest BCUT2D eigenvalue weighted by Crippen LogP contribution is -2.07. The predicted octanol–water partition coefficient (Wildman–Crippen LogP) is 2.39. The van der Waals surface area contributed by atoms with E-state index in [1.54, 1.807) is 12.1 Å². The number of phenols is 3. The number of methoxy groups -OCH3 is 1. The van der Waals surface area contributed by atoms with E-state index in [2.05, 4.69) is 6.07 Å². The molecular formula is C19H23O6. The zero-order chi connectivity index (χ0) is 18.4. The average molecular weight is 347 g/mol. The second-order valence-electron chi connectivity index (χ2n) is 5.46. The van der Waals surface area contributed by atoms with E-state index in [4.69, 9.17) is 14.6 Å². The molecule has 6 nitrogen and oxygen atoms in total. The summed E-state index contributed by atoms with van der Waals surface area (Å²) in [4.78, 5) is 0. The SMILES string of the molecule is CCc1c(O)cc(O)c(-c2[c]ccc(OC)c2O)c1CCOCCO. The highest BCUT2D eigenvalue weighted by atomic mass is 16.5. The lowest BCUT2D eigenvalue weighted by Gasteiger charge is -2.19. The molecule has 2 aromatic carbocycles. The van der Waals surface area contributed by atoms with E-state index in [1.807, 2.05) is 6.92 Å². The van der Waals surface area contributed by atoms with Gasteiger partial charge < -0.3 is 29.9 Å². The van der Waals surface area contributed by atoms with Crippen molar-refractivity contribution in [3.63, 3.8) is 0 Å². The number of hydrogen-bond donors (Lipinski definition) is 4. The highest BCUT2D eigenvalue weighted by Gasteiger charge is 2.21. The zero-order valence-electron chi connectivity index (χ0n) is 14.4. The van der Waals surface area contributed by atoms with Crippen molar-refractivity contribution in [1.29, 1.82) is 0 Å². The molecular weight excluding hydrogens is 324 g/mol. The Labute approximate surface area is 146 Å². The van der Waals surface area contributed by atoms with Crippen LogP contribution in [0.4, 0.5) is 0 Å². The van der Waals surface area contributed by atoms with Crippen molar-refractivity contribution in [1.82, 2.24) is 0 Å². The van der Waals surface area contributed by atoms with Crippen LogP contribution in [-0.2, 0) is 17.6 Å². The van der Waals surface area contributed by atoms with Gasteiger partial charge in [-0.25, -0.2) is 0 Å². The minimum absolute atomic E-state index is 0.0108. The van der Waals surface area contributed by atoms with Crippen LogP contribution >= 0.6 is 0 Å². The van der Waals surface area contributed by atoms with Crippen molar-refractivity contribution in [3.05, 3.63) is 35.4 Å². The number of aliphatic hydroxyl groups is 1. The summed E-state index contributed by atoms with van der Waals surface area (Å²) >= 11 is 0. The Balaban J connectivity index is 2.59. The fraction of sp³-hybridized carbons (Fsp3) is 0.368. The lowest BCUT2D eigenvalue weighted by atomic mass is 9.90. The molecule has 0 aliphatic heterocycles. The molecule has 0 atom stereocenters. The Morgan fingerprint density at radius 2 is 1.84 bits per heavy atom. The van der Waals surface area contributed by atoms with Gasteiger partial charge in [-0.3, -0.25) is 0 Å². The summed E-state index contributed by atoms with van der Waals surface area (Å²) < 4.78 is 10.4. The first-order valence-corrected chi connectivity index (χ1v) is 8.08. The van der Waals surface area contributed by atoms with Gasteiger partial charge in [0.15, 0.2) is 11.5 Å². The van der Waals surface area contributed by atoms with Crippen LogP contribution in [0.1, 0.15) is 18.1 Å². The van der Waals surface area contributed by atoms with E-state index in [9.17, 15) is 15.3 Å². The van der Waals surface area contributed by atoms with Gasteiger partial charge in [0.25, 0.3) is 0 Å². The fourth-order valence-corrected chi connectivity index (χ4v) is 2.87. The molecule has 0 aromatic heterocycles. The smallest absolute Gasteiger partial charge is 0.166 e. The number of hydrogen-bond acceptors (Lipinski definition) is 6. The van der Waals surface area contributed by atoms with Gasteiger partial charge >= 0.3 is 0 Å². The minimum Gasteiger partial charge on any atom is -0.508 e. The second kappa shape index (κ2) is 8.60. The van der Waals surface area contributed by atoms with Crippen LogP contribution in [0.3, 0.4) is 0 Å². The quantitative estimate of drug-likeness (QED) is 0.547. The molecule has 135 valence electrons. The van der Waals surface area contributed by atoms with Crippen LogP contribution in [0.25, 0.3) is 11.1 Å². The van der Waals surface area contributed by atoms with Crippen molar-refractivity contribution < 1.29 is 29.9 Å². The summed E-state index contributed by atoms with van der Waals surface area (Å²) in [6.45, 7) is 2.32. The molecule has 0 unspecified atom stereocenters. The maximum Gasteiger partial charge on any atom is 0.166 e. The molecule has 0 aliphatic rings. The summed E-state index contributed by atoms with van der Waals surface area (Å²) in [7, 11) is 1.44. The standard InChI is InChI=1S/C19H23O6/c1-3-12-13(7-9-25-10-8-20)18(16(22)11-15(12)21)14-5-4-6-17(24-2)19(14)23/h4,6,11,20-23H,3,7-10H2,1-2H3. The monoisotopic (exact) mass is 347 g/mol. The lowest BCUT2D eigenvalue weighted by molar-refractivity contribution is 0.0943. The van der Waals surface area contributed by atoms with Crippen molar-refractivity contribution in [2.75, 3.05) is 26.9 Å². The third-order valence-electron chi connectivity index (χ3n) is 3.99. The Morgan fingerprint density at radius 1 is 1.08 bits per heavy atom. The van der Waals surface area contributed by atoms with E-state index < -0.39 is 0 Å². The van der Waals surface area contributed by atoms with Gasteiger partial charge in [-0.2, -0.15) is 0 Å². The first kappa shape index (κ1) is 18.9. The highest BCUT2D eigenvalue weighted by Crippen LogP contribution is 2.45. The molecule has 0 heterocycles. The summed E-state index contributed by atoms with van der Waals surface area (Å²) in [5, 5.41) is 39.9. The molecule has 0 amide bonds. The molecule has 0 aliphatic carbocycles. The number of phenolic OH excluding ortho intramolecular Hbond substituents is 3. The van der Waals surface area contributed by atoms with Gasteiger partial charge in [-0.05, 0) is 42.2 Å². The fourth-order valence-electron chi connectivity index (χ4n) is 2.87. The van der Waals surface area contributed by atoms with Crippen LogP contribution < -0.4 is 4.74 Å². The maximum absolute atomic E-state index is 10.4. The number of ether oxygens (including phenoxy) is 2. The van der Waals surface area contributed by atoms with E-state index >= 15 is 0 Å². The summed E-state index contributed by atoms with van der Waals surface area (Å²) in [5.41, 5.74) is 2.01. The third kappa shape index (κ3) is 3.97. The Hall–Kier alpha value is -2.44. The first-order chi connectivity index (χ1) is 12.0. The molecule has 0 fully saturated rings. The number of benzene rings is 2. The van der Waals surface area contributed by atoms with E-state index in [0.29, 0.717) is 41.7 Å². The molecule has 2 aromatic rings. The summed E-state index contributed by atoms with van der Waals surface area (Å²) in [5.74, 6) is -0.0396. The molecule has 1 radical (unpaired) electrons. The molecule has 25 heavy (non-hydrogen) atoms. The Bertz CT molecular complexity index is 726. The van der Waals surface area contributed by atoms with Crippen molar-refractivity contribution in [3.8, 4) is 34.1 Å². The average Bonchev–Trinajstić information content (AvgIpc) is 2.59. The van der Waals surface area contributed by atoms with Gasteiger partial charge in [0.1, 0.15) is 11.5 Å². The van der Waals surface area contributed by atoms with E-state index in [-0.39, 0.29) is 36.2 Å². The van der Waals surface area contributed by atoms with Crippen LogP contribution in [0.15, 0.2) is 18.2 Å². The second-order valence-corrected chi connectivity index (χ2v) is 5.46. The van der Waals surface area contributed by atoms with E-state index in [1.165, 1.54) is 13.2 Å². The molecule has 2 rings (SSSR count). The Kier molecular flexibility index (Phi) is 6.50. The number of aliphatic hydroxyl groups excluding tert-OH is 1. The topological polar surface area (TPSA) is 99.4 Å². The van der Waals surface area contributed by atoms with Gasteiger partial charge in [0.05, 0.1) is 26.9 Å². The van der Waals surface area contributed by atoms with E-state index in [0.717, 1.165) is 0 Å². The van der Waals surface area contributed by atoms with Gasteiger partial charge in [-0.1, -0.05) is 6.92 Å². The molecule has 0 saturated carbocycles. The van der Waals surface area contributed by atoms with Crippen molar-refractivity contribution in [2.24, 2.45) is 0 Å². The summed E-state index contributed by atoms with van der Waals surface area (Å²) in [6.07, 6.45) is 0.935. The highest BCUT2D eigenvalue weighted by molar-refractivity contribution is 5.82. The first-order valence-electron chi connectivity index (χ1n) is 8.08. The van der Waals surface area contributed by atoms with Crippen LogP contribution in [0, 0.1) is 6.07 Å². The Morgan fingerprint density at radius 3 is 2.48 bits per heavy atom. The third-order valence-corrected chi connectivity index (χ3v) is 3.99. The molecule has 6 heteroatoms. The molecule has 4 N–H and O–H groups in total. The van der Waals surface area contributed by atoms with Gasteiger partial charge in [0.2, 0.25) is 0 Å². The molecule has 0 saturated heterocycles. The minimum atomic E-state index is -0.160. The number of aromatic hydroxyl groups is 3. The van der Waals surface area contributed by atoms with Crippen LogP contribution in [0.2, 0.25) is 0 Å². The van der Waals surface area contributed by atoms with Crippen molar-refractivity contribution >= 4 is 0 Å². The molecule has 0 spiro atoms. The maximum atomic E-state index is 10.4. The number of rotatable bonds is 8. The van der Waals surface area contributed by atoms with Crippen LogP contribution in [-0.4, -0.2) is 47.4 Å². The normalized spacial score (nSPS) is 10.8. The van der Waals surface area contributed by atoms with Crippen LogP contribution in [0.5, 0.6) is 23.0 Å². The van der Waals surface area contributed by atoms with Gasteiger partial charge in [0, 0.05) is 17.2 Å². The molecule has 0 bridgehead atoms. The zero-order valence-corrected chi connectivity index (χ0v) is 14.4. The predicted molar refractivity (Wildman–Crippen MR) is 93.2 cm³/mol. The largest absolute Gasteiger partial charge is 0.508 e.